The maximum atomic E-state index is 6.29. The van der Waals surface area contributed by atoms with E-state index in [0.717, 1.165) is 66.2 Å². The van der Waals surface area contributed by atoms with Crippen molar-refractivity contribution in [1.29, 1.82) is 0 Å². The number of fused-ring (bicyclic) bond motifs is 8. The highest BCUT2D eigenvalue weighted by Crippen LogP contribution is 2.44. The summed E-state index contributed by atoms with van der Waals surface area (Å²) in [6.07, 6.45) is 0. The molecule has 0 radical (unpaired) electrons. The van der Waals surface area contributed by atoms with Crippen LogP contribution in [-0.4, -0.2) is 4.98 Å². The Morgan fingerprint density at radius 3 is 1.77 bits per heavy atom. The van der Waals surface area contributed by atoms with Crippen LogP contribution < -0.4 is 4.90 Å². The standard InChI is InChI=1S/C55H34N2OS2/c1-3-11-35(12-4-1)36-21-26-41(27-22-36)57(43-16-9-15-40(33-43)44-18-10-20-48-52(44)45-17-7-8-19-47(45)58-48)42-28-23-37(24-29-42)39-25-30-46-51(34-39)59-49-31-32-50-54(53(46)49)56-55(60-50)38-13-5-2-6-14-38/h1-34H. The molecule has 0 spiro atoms. The van der Waals surface area contributed by atoms with Crippen LogP contribution >= 0.6 is 22.7 Å². The van der Waals surface area contributed by atoms with Gasteiger partial charge >= 0.3 is 0 Å². The number of hydrogen-bond acceptors (Lipinski definition) is 5. The highest BCUT2D eigenvalue weighted by Gasteiger charge is 2.18. The van der Waals surface area contributed by atoms with Crippen LogP contribution in [0.15, 0.2) is 211 Å². The molecule has 0 amide bonds. The maximum Gasteiger partial charge on any atom is 0.136 e. The summed E-state index contributed by atoms with van der Waals surface area (Å²) in [4.78, 5) is 7.53. The number of benzene rings is 9. The molecule has 3 heterocycles. The predicted molar refractivity (Wildman–Crippen MR) is 256 cm³/mol. The summed E-state index contributed by atoms with van der Waals surface area (Å²) >= 11 is 3.61. The van der Waals surface area contributed by atoms with Crippen LogP contribution in [0.4, 0.5) is 17.1 Å². The molecule has 0 fully saturated rings. The van der Waals surface area contributed by atoms with Gasteiger partial charge in [0.1, 0.15) is 16.2 Å². The summed E-state index contributed by atoms with van der Waals surface area (Å²) in [5, 5.41) is 5.83. The molecule has 0 saturated heterocycles. The van der Waals surface area contributed by atoms with Crippen molar-refractivity contribution in [3.8, 4) is 44.0 Å². The zero-order chi connectivity index (χ0) is 39.6. The van der Waals surface area contributed by atoms with Gasteiger partial charge in [-0.05, 0) is 100 Å². The zero-order valence-corrected chi connectivity index (χ0v) is 33.9. The van der Waals surface area contributed by atoms with Gasteiger partial charge in [0.05, 0.1) is 10.2 Å². The molecule has 9 aromatic carbocycles. The Morgan fingerprint density at radius 2 is 0.983 bits per heavy atom. The van der Waals surface area contributed by atoms with Gasteiger partial charge in [-0.1, -0.05) is 140 Å². The SMILES string of the molecule is c1ccc(-c2ccc(N(c3ccc(-c4ccc5c(c4)sc4ccc6sc(-c7ccccc7)nc6c45)cc3)c3cccc(-c4cccc5oc6ccccc6c45)c3)cc2)cc1. The first-order chi connectivity index (χ1) is 29.7. The van der Waals surface area contributed by atoms with Gasteiger partial charge in [-0.25, -0.2) is 4.98 Å². The number of hydrogen-bond donors (Lipinski definition) is 0. The number of para-hydroxylation sites is 1. The lowest BCUT2D eigenvalue weighted by molar-refractivity contribution is 0.669. The molecule has 0 unspecified atom stereocenters. The molecule has 3 nitrogen and oxygen atoms in total. The molecule has 0 aliphatic rings. The predicted octanol–water partition coefficient (Wildman–Crippen LogP) is 16.7. The third kappa shape index (κ3) is 5.90. The lowest BCUT2D eigenvalue weighted by Gasteiger charge is -2.26. The van der Waals surface area contributed by atoms with Crippen LogP contribution in [0.1, 0.15) is 0 Å². The van der Waals surface area contributed by atoms with Crippen LogP contribution in [0.5, 0.6) is 0 Å². The van der Waals surface area contributed by atoms with Crippen molar-refractivity contribution in [3.63, 3.8) is 0 Å². The van der Waals surface area contributed by atoms with E-state index in [1.807, 2.05) is 23.5 Å². The molecular weight excluding hydrogens is 769 g/mol. The fourth-order valence-electron chi connectivity index (χ4n) is 8.65. The summed E-state index contributed by atoms with van der Waals surface area (Å²) in [5.41, 5.74) is 14.3. The van der Waals surface area contributed by atoms with Gasteiger partial charge in [-0.15, -0.1) is 22.7 Å². The van der Waals surface area contributed by atoms with Gasteiger partial charge in [0.25, 0.3) is 0 Å². The number of thiophene rings is 1. The normalized spacial score (nSPS) is 11.7. The number of rotatable bonds is 7. The van der Waals surface area contributed by atoms with Crippen molar-refractivity contribution in [3.05, 3.63) is 206 Å². The van der Waals surface area contributed by atoms with Crippen LogP contribution in [-0.2, 0) is 0 Å². The molecule has 0 aliphatic carbocycles. The summed E-state index contributed by atoms with van der Waals surface area (Å²) in [6.45, 7) is 0. The molecule has 12 aromatic rings. The van der Waals surface area contributed by atoms with Crippen LogP contribution in [0.25, 0.3) is 96.3 Å². The van der Waals surface area contributed by atoms with E-state index >= 15 is 0 Å². The van der Waals surface area contributed by atoms with Crippen molar-refractivity contribution in [2.24, 2.45) is 0 Å². The second-order valence-electron chi connectivity index (χ2n) is 15.1. The molecule has 0 saturated carbocycles. The van der Waals surface area contributed by atoms with Gasteiger partial charge in [0.2, 0.25) is 0 Å². The molecular formula is C55H34N2OS2. The van der Waals surface area contributed by atoms with E-state index in [9.17, 15) is 0 Å². The number of furan rings is 1. The highest BCUT2D eigenvalue weighted by molar-refractivity contribution is 7.26. The van der Waals surface area contributed by atoms with E-state index in [2.05, 4.69) is 199 Å². The minimum atomic E-state index is 0.894. The maximum absolute atomic E-state index is 6.29. The summed E-state index contributed by atoms with van der Waals surface area (Å²) in [7, 11) is 0. The van der Waals surface area contributed by atoms with Crippen LogP contribution in [0.3, 0.4) is 0 Å². The molecule has 60 heavy (non-hydrogen) atoms. The van der Waals surface area contributed by atoms with Gasteiger partial charge in [0.15, 0.2) is 0 Å². The largest absolute Gasteiger partial charge is 0.456 e. The first kappa shape index (κ1) is 34.7. The zero-order valence-electron chi connectivity index (χ0n) is 32.2. The second-order valence-corrected chi connectivity index (χ2v) is 17.2. The second kappa shape index (κ2) is 14.2. The number of aromatic nitrogens is 1. The van der Waals surface area contributed by atoms with E-state index in [-0.39, 0.29) is 0 Å². The number of thiazole rings is 1. The smallest absolute Gasteiger partial charge is 0.136 e. The Labute approximate surface area is 354 Å². The van der Waals surface area contributed by atoms with Crippen molar-refractivity contribution < 1.29 is 4.42 Å². The number of nitrogens with zero attached hydrogens (tertiary/aromatic N) is 2. The molecule has 3 aromatic heterocycles. The first-order valence-electron chi connectivity index (χ1n) is 20.1. The molecule has 0 N–H and O–H groups in total. The van der Waals surface area contributed by atoms with E-state index in [4.69, 9.17) is 9.40 Å². The third-order valence-corrected chi connectivity index (χ3v) is 13.7. The van der Waals surface area contributed by atoms with Crippen molar-refractivity contribution in [2.45, 2.75) is 0 Å². The van der Waals surface area contributed by atoms with Crippen molar-refractivity contribution >= 4 is 92.1 Å². The van der Waals surface area contributed by atoms with Crippen LogP contribution in [0, 0.1) is 0 Å². The molecule has 282 valence electrons. The van der Waals surface area contributed by atoms with Crippen molar-refractivity contribution in [2.75, 3.05) is 4.90 Å². The summed E-state index contributed by atoms with van der Waals surface area (Å²) in [5.74, 6) is 0. The molecule has 5 heteroatoms. The molecule has 0 bridgehead atoms. The molecule has 0 aliphatic heterocycles. The van der Waals surface area contributed by atoms with E-state index in [1.54, 1.807) is 11.3 Å². The topological polar surface area (TPSA) is 29.3 Å². The van der Waals surface area contributed by atoms with Gasteiger partial charge in [-0.2, -0.15) is 0 Å². The highest BCUT2D eigenvalue weighted by atomic mass is 32.1. The minimum absolute atomic E-state index is 0.894. The van der Waals surface area contributed by atoms with E-state index < -0.39 is 0 Å². The lowest BCUT2D eigenvalue weighted by atomic mass is 9.98. The Morgan fingerprint density at radius 1 is 0.367 bits per heavy atom. The van der Waals surface area contributed by atoms with Gasteiger partial charge in [0, 0.05) is 53.6 Å². The average molecular weight is 803 g/mol. The fraction of sp³-hybridized carbons (Fsp3) is 0. The average Bonchev–Trinajstić information content (AvgIpc) is 4.04. The minimum Gasteiger partial charge on any atom is -0.456 e. The Hall–Kier alpha value is -7.31. The monoisotopic (exact) mass is 802 g/mol. The van der Waals surface area contributed by atoms with E-state index in [0.29, 0.717) is 0 Å². The Kier molecular flexibility index (Phi) is 8.22. The Balaban J connectivity index is 0.936. The van der Waals surface area contributed by atoms with Crippen molar-refractivity contribution in [1.82, 2.24) is 4.98 Å². The molecule has 0 atom stereocenters. The Bertz CT molecular complexity index is 3530. The van der Waals surface area contributed by atoms with Gasteiger partial charge in [-0.3, -0.25) is 0 Å². The van der Waals surface area contributed by atoms with Crippen LogP contribution in [0.2, 0.25) is 0 Å². The van der Waals surface area contributed by atoms with Gasteiger partial charge < -0.3 is 9.32 Å². The third-order valence-electron chi connectivity index (χ3n) is 11.5. The summed E-state index contributed by atoms with van der Waals surface area (Å²) < 4.78 is 10.0. The fourth-order valence-corrected chi connectivity index (χ4v) is 10.8. The summed E-state index contributed by atoms with van der Waals surface area (Å²) in [6, 6.07) is 73.8. The van der Waals surface area contributed by atoms with E-state index in [1.165, 1.54) is 47.1 Å². The number of anilines is 3. The first-order valence-corrected chi connectivity index (χ1v) is 21.7. The quantitative estimate of drug-likeness (QED) is 0.161. The molecule has 12 rings (SSSR count). The lowest BCUT2D eigenvalue weighted by Crippen LogP contribution is -2.10.